The van der Waals surface area contributed by atoms with Crippen molar-refractivity contribution >= 4 is 41.2 Å². The van der Waals surface area contributed by atoms with Crippen LogP contribution in [0.4, 0.5) is 9.59 Å². The first-order chi connectivity index (χ1) is 23.4. The normalized spacial score (nSPS) is 11.9. The van der Waals surface area contributed by atoms with Crippen LogP contribution in [0.25, 0.3) is 0 Å². The predicted octanol–water partition coefficient (Wildman–Crippen LogP) is 1.95. The van der Waals surface area contributed by atoms with Gasteiger partial charge in [-0.05, 0) is 102 Å². The van der Waals surface area contributed by atoms with Gasteiger partial charge >= 0.3 is 12.2 Å². The van der Waals surface area contributed by atoms with Crippen molar-refractivity contribution in [2.24, 2.45) is 0 Å². The van der Waals surface area contributed by atoms with Gasteiger partial charge in [-0.2, -0.15) is 0 Å². The average molecular weight is 692 g/mol. The van der Waals surface area contributed by atoms with Crippen molar-refractivity contribution in [1.82, 2.24) is 61.8 Å². The van der Waals surface area contributed by atoms with Crippen LogP contribution in [0.3, 0.4) is 0 Å². The number of alkyl carbamates (subject to hydrolysis) is 2. The van der Waals surface area contributed by atoms with E-state index in [1.54, 1.807) is 30.7 Å². The molecule has 4 aromatic heterocycles. The van der Waals surface area contributed by atoms with Gasteiger partial charge in [0.25, 0.3) is 0 Å². The Bertz CT molecular complexity index is 1540. The Balaban J connectivity index is 1.70. The monoisotopic (exact) mass is 691 g/mol. The number of aryl methyl sites for hydroxylation is 1. The smallest absolute Gasteiger partial charge is 0.407 e. The molecule has 0 aliphatic rings. The summed E-state index contributed by atoms with van der Waals surface area (Å²) in [5.74, 6) is 0. The zero-order valence-electron chi connectivity index (χ0n) is 28.8. The van der Waals surface area contributed by atoms with Crippen molar-refractivity contribution in [2.75, 3.05) is 13.1 Å². The van der Waals surface area contributed by atoms with Gasteiger partial charge in [-0.25, -0.2) is 14.6 Å². The number of nitrogens with zero attached hydrogens (tertiary/aromatic N) is 10. The molecule has 0 spiro atoms. The van der Waals surface area contributed by atoms with Gasteiger partial charge in [-0.1, -0.05) is 21.4 Å². The first-order valence-corrected chi connectivity index (χ1v) is 17.9. The standard InChI is InChI=1S/C32H43N12O4P/c1-31(2,3)47-29(45)34-19-10-7-13-23-24(14-8-11-20-35-30(46)48-32(4,5)6)38-44-41-28(23)49(25-15-9-12-18-33-25,26-16-21-36-42-39-26)27-17-22-37-43-40-27/h9,12,15-18,21-22H,7-8,10-11,13-14,19-20H2,1-6H3,(H-,34,35,45,46)/p+1. The fourth-order valence-electron chi connectivity index (χ4n) is 5.01. The molecule has 0 aliphatic heterocycles. The fourth-order valence-corrected chi connectivity index (χ4v) is 8.66. The van der Waals surface area contributed by atoms with E-state index >= 15 is 0 Å². The van der Waals surface area contributed by atoms with Gasteiger partial charge in [-0.3, -0.25) is 0 Å². The highest BCUT2D eigenvalue weighted by Gasteiger charge is 2.57. The van der Waals surface area contributed by atoms with E-state index in [-0.39, 0.29) is 0 Å². The van der Waals surface area contributed by atoms with Crippen LogP contribution in [-0.4, -0.2) is 87.7 Å². The lowest BCUT2D eigenvalue weighted by Gasteiger charge is -2.24. The molecule has 0 saturated carbocycles. The maximum absolute atomic E-state index is 12.2. The van der Waals surface area contributed by atoms with Gasteiger partial charge in [0.15, 0.2) is 0 Å². The summed E-state index contributed by atoms with van der Waals surface area (Å²) in [5.41, 5.74) is 2.92. The minimum atomic E-state index is -3.06. The van der Waals surface area contributed by atoms with E-state index in [0.29, 0.717) is 73.4 Å². The zero-order valence-corrected chi connectivity index (χ0v) is 29.7. The second kappa shape index (κ2) is 17.0. The van der Waals surface area contributed by atoms with E-state index in [0.717, 1.165) is 11.3 Å². The Morgan fingerprint density at radius 3 is 1.71 bits per heavy atom. The van der Waals surface area contributed by atoms with Crippen LogP contribution in [-0.2, 0) is 22.3 Å². The van der Waals surface area contributed by atoms with Crippen LogP contribution in [0.5, 0.6) is 0 Å². The third-order valence-electron chi connectivity index (χ3n) is 6.93. The summed E-state index contributed by atoms with van der Waals surface area (Å²) in [7, 11) is -3.06. The first-order valence-electron chi connectivity index (χ1n) is 16.2. The number of rotatable bonds is 14. The highest BCUT2D eigenvalue weighted by molar-refractivity contribution is 8.01. The molecule has 0 unspecified atom stereocenters. The number of amides is 2. The Morgan fingerprint density at radius 2 is 1.22 bits per heavy atom. The lowest BCUT2D eigenvalue weighted by molar-refractivity contribution is 0.0515. The summed E-state index contributed by atoms with van der Waals surface area (Å²) in [6.07, 6.45) is 7.81. The topological polar surface area (TPSA) is 206 Å². The number of ether oxygens (including phenoxy) is 2. The summed E-state index contributed by atoms with van der Waals surface area (Å²) in [5, 5.41) is 44.0. The minimum Gasteiger partial charge on any atom is -0.444 e. The van der Waals surface area contributed by atoms with E-state index in [4.69, 9.17) is 19.6 Å². The molecule has 0 aromatic carbocycles. The number of carbonyl (C=O) groups excluding carboxylic acids is 2. The maximum Gasteiger partial charge on any atom is 0.407 e. The van der Waals surface area contributed by atoms with E-state index in [1.807, 2.05) is 59.7 Å². The molecular formula is C32H44N12O4P+. The molecule has 4 heterocycles. The summed E-state index contributed by atoms with van der Waals surface area (Å²) in [6, 6.07) is 9.22. The van der Waals surface area contributed by atoms with Crippen molar-refractivity contribution in [3.8, 4) is 0 Å². The molecule has 4 aromatic rings. The molecule has 260 valence electrons. The quantitative estimate of drug-likeness (QED) is 0.143. The molecule has 0 fully saturated rings. The average Bonchev–Trinajstić information content (AvgIpc) is 3.05. The van der Waals surface area contributed by atoms with E-state index in [2.05, 4.69) is 51.8 Å². The van der Waals surface area contributed by atoms with Gasteiger partial charge in [0.05, 0.1) is 18.1 Å². The first kappa shape index (κ1) is 37.0. The van der Waals surface area contributed by atoms with Crippen LogP contribution in [0.15, 0.2) is 48.9 Å². The molecule has 0 radical (unpaired) electrons. The van der Waals surface area contributed by atoms with E-state index in [1.165, 1.54) is 0 Å². The number of aromatic nitrogens is 10. The fraction of sp³-hybridized carbons (Fsp3) is 0.500. The van der Waals surface area contributed by atoms with Gasteiger partial charge < -0.3 is 20.1 Å². The van der Waals surface area contributed by atoms with Crippen LogP contribution < -0.4 is 32.4 Å². The van der Waals surface area contributed by atoms with Crippen LogP contribution >= 0.6 is 7.26 Å². The molecular weight excluding hydrogens is 647 g/mol. The van der Waals surface area contributed by atoms with Crippen LogP contribution in [0.2, 0.25) is 0 Å². The highest BCUT2D eigenvalue weighted by atomic mass is 31.2. The van der Waals surface area contributed by atoms with E-state index in [9.17, 15) is 9.59 Å². The Morgan fingerprint density at radius 1 is 0.653 bits per heavy atom. The largest absolute Gasteiger partial charge is 0.444 e. The molecule has 0 saturated heterocycles. The van der Waals surface area contributed by atoms with Gasteiger partial charge in [0.1, 0.15) is 11.2 Å². The number of unbranched alkanes of at least 4 members (excludes halogenated alkanes) is 2. The van der Waals surface area contributed by atoms with E-state index < -0.39 is 30.7 Å². The molecule has 0 aliphatic carbocycles. The second-order valence-corrected chi connectivity index (χ2v) is 16.3. The van der Waals surface area contributed by atoms with Gasteiger partial charge in [-0.15, -0.1) is 15.3 Å². The number of hydrogen-bond acceptors (Lipinski definition) is 14. The number of hydrogen-bond donors (Lipinski definition) is 2. The molecule has 2 N–H and O–H groups in total. The molecule has 4 rings (SSSR count). The lowest BCUT2D eigenvalue weighted by atomic mass is 10.0. The lowest BCUT2D eigenvalue weighted by Crippen LogP contribution is -2.46. The molecule has 49 heavy (non-hydrogen) atoms. The zero-order chi connectivity index (χ0) is 35.3. The van der Waals surface area contributed by atoms with Crippen LogP contribution in [0, 0.1) is 0 Å². The maximum atomic E-state index is 12.2. The Labute approximate surface area is 286 Å². The molecule has 0 atom stereocenters. The molecule has 0 bridgehead atoms. The summed E-state index contributed by atoms with van der Waals surface area (Å²) in [6.45, 7) is 11.8. The van der Waals surface area contributed by atoms with Crippen molar-refractivity contribution < 1.29 is 19.1 Å². The van der Waals surface area contributed by atoms with Crippen molar-refractivity contribution in [2.45, 2.75) is 91.3 Å². The minimum absolute atomic E-state index is 0.425. The van der Waals surface area contributed by atoms with Crippen molar-refractivity contribution in [3.05, 3.63) is 60.2 Å². The second-order valence-electron chi connectivity index (χ2n) is 13.1. The number of pyridine rings is 1. The molecule has 17 heteroatoms. The predicted molar refractivity (Wildman–Crippen MR) is 184 cm³/mol. The highest BCUT2D eigenvalue weighted by Crippen LogP contribution is 2.52. The summed E-state index contributed by atoms with van der Waals surface area (Å²) >= 11 is 0. The van der Waals surface area contributed by atoms with Gasteiger partial charge in [0, 0.05) is 43.0 Å². The van der Waals surface area contributed by atoms with Crippen molar-refractivity contribution in [1.29, 1.82) is 0 Å². The van der Waals surface area contributed by atoms with Crippen molar-refractivity contribution in [3.63, 3.8) is 0 Å². The third kappa shape index (κ3) is 10.6. The molecule has 2 amide bonds. The number of nitrogens with one attached hydrogen (secondary N) is 2. The summed E-state index contributed by atoms with van der Waals surface area (Å²) < 4.78 is 10.7. The SMILES string of the molecule is CC(C)(C)OC(=O)NCCCCc1nnnc([P+](c2ccccn2)(c2ccnnn2)c2ccnnn2)c1CCCCNC(=O)OC(C)(C)C. The number of carbonyl (C=O) groups is 2. The third-order valence-corrected chi connectivity index (χ3v) is 10.7. The van der Waals surface area contributed by atoms with Crippen LogP contribution in [0.1, 0.15) is 78.5 Å². The summed E-state index contributed by atoms with van der Waals surface area (Å²) in [4.78, 5) is 29.2. The van der Waals surface area contributed by atoms with Gasteiger partial charge in [0.2, 0.25) is 29.0 Å². The Hall–Kier alpha value is -4.85. The molecule has 16 nitrogen and oxygen atoms in total. The Kier molecular flexibility index (Phi) is 12.8.